The highest BCUT2D eigenvalue weighted by Crippen LogP contribution is 2.36. The number of carbonyl (C=O) groups is 1. The first-order valence-electron chi connectivity index (χ1n) is 9.49. The molecule has 0 spiro atoms. The molecule has 0 amide bonds. The molecule has 27 heavy (non-hydrogen) atoms. The van der Waals surface area contributed by atoms with Crippen LogP contribution in [0.1, 0.15) is 43.4 Å². The molecule has 1 saturated heterocycles. The predicted molar refractivity (Wildman–Crippen MR) is 103 cm³/mol. The summed E-state index contributed by atoms with van der Waals surface area (Å²) in [5, 5.41) is 1.74. The molecular formula is C22H27NO4. The highest BCUT2D eigenvalue weighted by atomic mass is 16.8. The zero-order valence-corrected chi connectivity index (χ0v) is 15.9. The van der Waals surface area contributed by atoms with Crippen molar-refractivity contribution in [2.75, 3.05) is 13.7 Å². The zero-order valence-electron chi connectivity index (χ0n) is 15.9. The molecular weight excluding hydrogens is 342 g/mol. The normalized spacial score (nSPS) is 20.1. The van der Waals surface area contributed by atoms with Gasteiger partial charge >= 0.3 is 5.97 Å². The Hall–Kier alpha value is -2.21. The van der Waals surface area contributed by atoms with Gasteiger partial charge in [-0.05, 0) is 17.5 Å². The Morgan fingerprint density at radius 2 is 1.70 bits per heavy atom. The maximum Gasteiger partial charge on any atom is 0.325 e. The number of rotatable bonds is 8. The van der Waals surface area contributed by atoms with E-state index in [1.165, 1.54) is 7.11 Å². The molecule has 5 nitrogen and oxygen atoms in total. The van der Waals surface area contributed by atoms with Crippen LogP contribution in [0.3, 0.4) is 0 Å². The number of esters is 1. The number of ether oxygens (including phenoxy) is 2. The summed E-state index contributed by atoms with van der Waals surface area (Å²) in [4.78, 5) is 18.6. The summed E-state index contributed by atoms with van der Waals surface area (Å²) < 4.78 is 10.9. The monoisotopic (exact) mass is 369 g/mol. The molecule has 1 fully saturated rings. The highest BCUT2D eigenvalue weighted by molar-refractivity contribution is 5.76. The molecule has 1 heterocycles. The van der Waals surface area contributed by atoms with Gasteiger partial charge in [0, 0.05) is 13.0 Å². The highest BCUT2D eigenvalue weighted by Gasteiger charge is 2.44. The minimum Gasteiger partial charge on any atom is -0.468 e. The molecule has 3 rings (SSSR count). The summed E-state index contributed by atoms with van der Waals surface area (Å²) in [6.45, 7) is 2.73. The van der Waals surface area contributed by atoms with E-state index in [4.69, 9.17) is 14.3 Å². The molecule has 2 aromatic carbocycles. The van der Waals surface area contributed by atoms with Crippen molar-refractivity contribution in [1.29, 1.82) is 0 Å². The van der Waals surface area contributed by atoms with Crippen LogP contribution >= 0.6 is 0 Å². The van der Waals surface area contributed by atoms with Crippen molar-refractivity contribution in [3.63, 3.8) is 0 Å². The number of nitrogens with zero attached hydrogens (tertiary/aromatic N) is 1. The molecule has 0 radical (unpaired) electrons. The zero-order chi connectivity index (χ0) is 19.1. The Morgan fingerprint density at radius 1 is 1.11 bits per heavy atom. The van der Waals surface area contributed by atoms with Crippen molar-refractivity contribution >= 4 is 5.97 Å². The second-order valence-electron chi connectivity index (χ2n) is 6.62. The summed E-state index contributed by atoms with van der Waals surface area (Å²) in [5.41, 5.74) is 2.10. The van der Waals surface area contributed by atoms with Crippen LogP contribution in [0.2, 0.25) is 0 Å². The number of hydrogen-bond acceptors (Lipinski definition) is 5. The van der Waals surface area contributed by atoms with E-state index in [-0.39, 0.29) is 12.0 Å². The number of unbranched alkanes of at least 4 members (excludes halogenated alkanes) is 1. The van der Waals surface area contributed by atoms with Crippen LogP contribution in [0.15, 0.2) is 60.7 Å². The van der Waals surface area contributed by atoms with Gasteiger partial charge in [0.05, 0.1) is 13.2 Å². The molecule has 0 aliphatic carbocycles. The summed E-state index contributed by atoms with van der Waals surface area (Å²) in [6.07, 6.45) is 2.01. The van der Waals surface area contributed by atoms with E-state index in [2.05, 4.69) is 6.92 Å². The minimum absolute atomic E-state index is 0.226. The van der Waals surface area contributed by atoms with Crippen LogP contribution in [0.4, 0.5) is 0 Å². The van der Waals surface area contributed by atoms with Gasteiger partial charge in [-0.2, -0.15) is 5.06 Å². The molecule has 0 bridgehead atoms. The van der Waals surface area contributed by atoms with Crippen molar-refractivity contribution in [2.24, 2.45) is 0 Å². The van der Waals surface area contributed by atoms with Gasteiger partial charge in [-0.1, -0.05) is 74.0 Å². The first kappa shape index (κ1) is 19.5. The third-order valence-corrected chi connectivity index (χ3v) is 4.72. The van der Waals surface area contributed by atoms with Crippen molar-refractivity contribution in [2.45, 2.75) is 44.6 Å². The fourth-order valence-electron chi connectivity index (χ4n) is 3.33. The Morgan fingerprint density at radius 3 is 2.22 bits per heavy atom. The van der Waals surface area contributed by atoms with Crippen molar-refractivity contribution in [3.8, 4) is 0 Å². The van der Waals surface area contributed by atoms with E-state index in [1.54, 1.807) is 5.06 Å². The first-order chi connectivity index (χ1) is 13.2. The van der Waals surface area contributed by atoms with Crippen LogP contribution in [0.5, 0.6) is 0 Å². The van der Waals surface area contributed by atoms with E-state index < -0.39 is 12.3 Å². The smallest absolute Gasteiger partial charge is 0.325 e. The lowest BCUT2D eigenvalue weighted by molar-refractivity contribution is -0.253. The fraction of sp³-hybridized carbons (Fsp3) is 0.409. The molecule has 1 aliphatic heterocycles. The molecule has 144 valence electrons. The van der Waals surface area contributed by atoms with Gasteiger partial charge < -0.3 is 9.47 Å². The Kier molecular flexibility index (Phi) is 6.98. The number of benzene rings is 2. The van der Waals surface area contributed by atoms with Crippen LogP contribution in [-0.4, -0.2) is 37.1 Å². The lowest BCUT2D eigenvalue weighted by Gasteiger charge is -2.30. The quantitative estimate of drug-likeness (QED) is 0.518. The molecule has 0 saturated carbocycles. The van der Waals surface area contributed by atoms with Gasteiger partial charge in [-0.3, -0.25) is 9.63 Å². The van der Waals surface area contributed by atoms with Crippen LogP contribution in [-0.2, 0) is 19.1 Å². The number of methoxy groups -OCH3 is 1. The maximum atomic E-state index is 12.5. The average molecular weight is 369 g/mol. The number of carbonyl (C=O) groups excluding carboxylic acids is 1. The molecule has 0 N–H and O–H groups in total. The third-order valence-electron chi connectivity index (χ3n) is 4.72. The van der Waals surface area contributed by atoms with E-state index in [1.807, 2.05) is 60.7 Å². The molecule has 0 aromatic heterocycles. The summed E-state index contributed by atoms with van der Waals surface area (Å²) in [5.74, 6) is -0.312. The van der Waals surface area contributed by atoms with E-state index in [9.17, 15) is 4.79 Å². The number of hydrogen-bond donors (Lipinski definition) is 0. The third kappa shape index (κ3) is 4.75. The van der Waals surface area contributed by atoms with Crippen LogP contribution < -0.4 is 0 Å². The van der Waals surface area contributed by atoms with Gasteiger partial charge in [-0.25, -0.2) is 0 Å². The summed E-state index contributed by atoms with van der Waals surface area (Å²) in [7, 11) is 1.41. The van der Waals surface area contributed by atoms with Crippen molar-refractivity contribution in [1.82, 2.24) is 5.06 Å². The lowest BCUT2D eigenvalue weighted by atomic mass is 9.97. The van der Waals surface area contributed by atoms with Gasteiger partial charge in [0.1, 0.15) is 6.04 Å². The van der Waals surface area contributed by atoms with Gasteiger partial charge in [-0.15, -0.1) is 0 Å². The van der Waals surface area contributed by atoms with Gasteiger partial charge in [0.2, 0.25) is 0 Å². The SMILES string of the molecule is CCCCO[C@H]1C[C@H](C(=O)OC)N(C(c2ccccc2)c2ccccc2)O1. The second kappa shape index (κ2) is 9.65. The Labute approximate surface area is 160 Å². The van der Waals surface area contributed by atoms with Crippen LogP contribution in [0.25, 0.3) is 0 Å². The topological polar surface area (TPSA) is 48.0 Å². The van der Waals surface area contributed by atoms with E-state index in [0.29, 0.717) is 13.0 Å². The second-order valence-corrected chi connectivity index (χ2v) is 6.62. The standard InChI is InChI=1S/C22H27NO4/c1-3-4-15-26-20-16-19(22(24)25-2)23(27-20)21(17-11-7-5-8-12-17)18-13-9-6-10-14-18/h5-14,19-21H,3-4,15-16H2,1-2H3/t19-,20-/m1/s1. The van der Waals surface area contributed by atoms with Crippen molar-refractivity contribution < 1.29 is 19.1 Å². The van der Waals surface area contributed by atoms with Crippen LogP contribution in [0, 0.1) is 0 Å². The number of hydroxylamine groups is 2. The van der Waals surface area contributed by atoms with Gasteiger partial charge in [0.25, 0.3) is 0 Å². The minimum atomic E-state index is -0.521. The average Bonchev–Trinajstić information content (AvgIpc) is 3.13. The Balaban J connectivity index is 1.91. The van der Waals surface area contributed by atoms with Crippen molar-refractivity contribution in [3.05, 3.63) is 71.8 Å². The summed E-state index contributed by atoms with van der Waals surface area (Å²) in [6, 6.07) is 19.3. The molecule has 2 aromatic rings. The molecule has 1 aliphatic rings. The molecule has 2 atom stereocenters. The first-order valence-corrected chi connectivity index (χ1v) is 9.49. The molecule has 5 heteroatoms. The van der Waals surface area contributed by atoms with E-state index >= 15 is 0 Å². The maximum absolute atomic E-state index is 12.5. The largest absolute Gasteiger partial charge is 0.468 e. The fourth-order valence-corrected chi connectivity index (χ4v) is 3.33. The van der Waals surface area contributed by atoms with Gasteiger partial charge in [0.15, 0.2) is 6.29 Å². The van der Waals surface area contributed by atoms with E-state index in [0.717, 1.165) is 24.0 Å². The summed E-state index contributed by atoms with van der Waals surface area (Å²) >= 11 is 0. The predicted octanol–water partition coefficient (Wildman–Crippen LogP) is 4.10. The molecule has 0 unspecified atom stereocenters. The lowest BCUT2D eigenvalue weighted by Crippen LogP contribution is -2.39. The Bertz CT molecular complexity index is 667.